The fraction of sp³-hybridized carbons (Fsp3) is 0.523. The van der Waals surface area contributed by atoms with Crippen molar-refractivity contribution in [2.45, 2.75) is 173 Å². The lowest BCUT2D eigenvalue weighted by atomic mass is 9.95. The molecule has 532 valence electrons. The zero-order chi connectivity index (χ0) is 72.1. The highest BCUT2D eigenvalue weighted by Crippen LogP contribution is 2.23. The number of ether oxygens (including phenoxy) is 1. The van der Waals surface area contributed by atoms with Crippen molar-refractivity contribution in [3.05, 3.63) is 83.4 Å². The summed E-state index contributed by atoms with van der Waals surface area (Å²) in [6, 6.07) is 3.35. The van der Waals surface area contributed by atoms with E-state index in [-0.39, 0.29) is 99.5 Å². The number of hydrogen-bond acceptors (Lipinski definition) is 19. The number of primary amides is 1. The lowest BCUT2D eigenvalue weighted by Gasteiger charge is -2.31. The van der Waals surface area contributed by atoms with Crippen LogP contribution in [0.2, 0.25) is 0 Å². The van der Waals surface area contributed by atoms with Crippen LogP contribution in [0, 0.1) is 17.8 Å². The van der Waals surface area contributed by atoms with E-state index in [2.05, 4.69) is 64.0 Å². The average molecular weight is 1360 g/mol. The summed E-state index contributed by atoms with van der Waals surface area (Å²) in [6.45, 7) is 9.95. The summed E-state index contributed by atoms with van der Waals surface area (Å²) in [5, 5.41) is 46.1. The highest BCUT2D eigenvalue weighted by molar-refractivity contribution is 6.40. The Hall–Kier alpha value is -9.95. The van der Waals surface area contributed by atoms with Crippen LogP contribution >= 0.6 is 0 Å². The van der Waals surface area contributed by atoms with Crippen LogP contribution in [0.3, 0.4) is 0 Å². The van der Waals surface area contributed by atoms with Gasteiger partial charge in [0.1, 0.15) is 59.5 Å². The first kappa shape index (κ1) is 79.5. The predicted octanol–water partition coefficient (Wildman–Crippen LogP) is -2.10. The SMILES string of the molecule is CC[C@H](C)[C@@H]1NC(=O)[C@H](CCC(N)=O)NC(=O)[C@H](C(C)C)NC(=O)[C@@H](N)CCCNC(=O)[C@H](Cc2ccc(O)cc2)NC(=O)[C@H](CCCCN)NC(=O)C(=O)Nc2ccc(OC)c(c2)C(=O)NNC(=O)[C@@H](N)CCCNC(=O)[C@H](Cc2ccc(O)cc2)NC(=O)[C@H](C(C)C)NC1=O. The molecule has 1 heterocycles. The Bertz CT molecular complexity index is 3220. The third kappa shape index (κ3) is 26.3. The molecule has 97 heavy (non-hydrogen) atoms. The van der Waals surface area contributed by atoms with Crippen LogP contribution in [0.15, 0.2) is 66.7 Å². The Morgan fingerprint density at radius 2 is 0.990 bits per heavy atom. The highest BCUT2D eigenvalue weighted by atomic mass is 16.5. The molecule has 32 nitrogen and oxygen atoms in total. The van der Waals surface area contributed by atoms with Crippen molar-refractivity contribution in [1.82, 2.24) is 58.7 Å². The van der Waals surface area contributed by atoms with Crippen LogP contribution in [0.25, 0.3) is 0 Å². The molecule has 0 fully saturated rings. The number of nitrogens with one attached hydrogen (secondary N) is 12. The summed E-state index contributed by atoms with van der Waals surface area (Å²) in [5.74, 6) is -13.6. The van der Waals surface area contributed by atoms with Gasteiger partial charge in [-0.2, -0.15) is 0 Å². The second kappa shape index (κ2) is 39.8. The number of benzene rings is 3. The topological polar surface area (TPSA) is 520 Å². The van der Waals surface area contributed by atoms with Gasteiger partial charge < -0.3 is 91.1 Å². The fourth-order valence-corrected chi connectivity index (χ4v) is 10.0. The average Bonchev–Trinajstić information content (AvgIpc) is 1.02. The first-order chi connectivity index (χ1) is 46.0. The van der Waals surface area contributed by atoms with E-state index in [0.29, 0.717) is 30.4 Å². The van der Waals surface area contributed by atoms with Crippen LogP contribution in [-0.2, 0) is 70.4 Å². The van der Waals surface area contributed by atoms with Gasteiger partial charge >= 0.3 is 11.8 Å². The van der Waals surface area contributed by atoms with Crippen molar-refractivity contribution in [3.8, 4) is 17.2 Å². The van der Waals surface area contributed by atoms with Crippen LogP contribution in [-0.4, -0.2) is 168 Å². The second-order valence-electron chi connectivity index (χ2n) is 24.5. The molecule has 3 aromatic carbocycles. The number of carbonyl (C=O) groups is 13. The number of anilines is 1. The van der Waals surface area contributed by atoms with Gasteiger partial charge in [0, 0.05) is 38.0 Å². The lowest BCUT2D eigenvalue weighted by Crippen LogP contribution is -2.61. The van der Waals surface area contributed by atoms with E-state index in [1.165, 1.54) is 67.8 Å². The molecule has 0 spiro atoms. The molecule has 0 aromatic heterocycles. The molecule has 1 aliphatic heterocycles. The normalized spacial score (nSPS) is 23.3. The minimum absolute atomic E-state index is 0.0239. The molecule has 3 aromatic rings. The summed E-state index contributed by atoms with van der Waals surface area (Å²) in [6.07, 6.45) is 0.0754. The van der Waals surface area contributed by atoms with E-state index < -0.39 is 155 Å². The number of hydrogen-bond donors (Lipinski definition) is 18. The van der Waals surface area contributed by atoms with Crippen LogP contribution in [0.5, 0.6) is 17.2 Å². The first-order valence-electron chi connectivity index (χ1n) is 32.3. The Morgan fingerprint density at radius 3 is 1.48 bits per heavy atom. The van der Waals surface area contributed by atoms with Gasteiger partial charge in [-0.25, -0.2) is 0 Å². The molecule has 4 rings (SSSR count). The zero-order valence-corrected chi connectivity index (χ0v) is 55.8. The van der Waals surface area contributed by atoms with Gasteiger partial charge in [0.25, 0.3) is 11.8 Å². The van der Waals surface area contributed by atoms with E-state index in [9.17, 15) is 72.5 Å². The Labute approximate surface area is 562 Å². The summed E-state index contributed by atoms with van der Waals surface area (Å²) in [5.41, 5.74) is 28.9. The van der Waals surface area contributed by atoms with Gasteiger partial charge in [0.15, 0.2) is 0 Å². The molecule has 0 aliphatic carbocycles. The van der Waals surface area contributed by atoms with Crippen LogP contribution in [0.4, 0.5) is 5.69 Å². The number of unbranched alkanes of at least 4 members (excludes halogenated alkanes) is 1. The van der Waals surface area contributed by atoms with Gasteiger partial charge in [-0.05, 0) is 129 Å². The summed E-state index contributed by atoms with van der Waals surface area (Å²) >= 11 is 0. The third-order valence-electron chi connectivity index (χ3n) is 16.0. The number of phenolic OH excluding ortho intramolecular Hbond substituents is 2. The summed E-state index contributed by atoms with van der Waals surface area (Å²) in [7, 11) is 1.25. The molecular weight excluding hydrogens is 1260 g/mol. The van der Waals surface area contributed by atoms with E-state index in [4.69, 9.17) is 27.7 Å². The smallest absolute Gasteiger partial charge is 0.313 e. The number of carbonyl (C=O) groups excluding carboxylic acids is 13. The summed E-state index contributed by atoms with van der Waals surface area (Å²) in [4.78, 5) is 179. The molecule has 13 amide bonds. The van der Waals surface area contributed by atoms with E-state index in [1.54, 1.807) is 41.5 Å². The molecule has 0 radical (unpaired) electrons. The molecular formula is C65H96N16O16. The molecule has 10 atom stereocenters. The molecule has 0 saturated heterocycles. The summed E-state index contributed by atoms with van der Waals surface area (Å²) < 4.78 is 5.34. The minimum atomic E-state index is -1.51. The van der Waals surface area contributed by atoms with Crippen molar-refractivity contribution in [1.29, 1.82) is 0 Å². The predicted molar refractivity (Wildman–Crippen MR) is 355 cm³/mol. The van der Waals surface area contributed by atoms with E-state index in [0.717, 1.165) is 6.07 Å². The van der Waals surface area contributed by atoms with E-state index in [1.807, 2.05) is 0 Å². The molecule has 0 unspecified atom stereocenters. The number of methoxy groups -OCH3 is 1. The van der Waals surface area contributed by atoms with Crippen molar-refractivity contribution >= 4 is 82.5 Å². The quantitative estimate of drug-likeness (QED) is 0.0539. The maximum absolute atomic E-state index is 14.4. The minimum Gasteiger partial charge on any atom is -0.508 e. The van der Waals surface area contributed by atoms with E-state index >= 15 is 0 Å². The number of hydrazine groups is 1. The standard InChI is InChI=1S/C65H96N16O16/c1-8-36(6)53-63(94)78-52(35(4)5)62(93)76-48(32-38-18-23-41(83)24-19-38)58(89)71-30-12-14-44(68)56(87)81-80-54(85)42-33-39(20-26-49(42)97-7)72-64(95)65(96)74-45(15-9-10-28-66)59(90)75-47(31-37-16-21-40(82)22-17-37)57(88)70-29-11-13-43(67)55(86)77-51(34(2)3)61(92)73-46(60(91)79-53)25-27-50(69)84/h16-24,26,33-36,43-48,51-53,82-83H,8-15,25,27-32,66-68H2,1-7H3,(H2,69,84)(H,70,88)(H,71,89)(H,72,95)(H,73,92)(H,74,96)(H,75,90)(H,76,93)(H,77,86)(H,78,94)(H,79,91)(H,80,85)(H,81,87)/t36-,43-,44-,45-,46-,47-,48-,51-,52-,53-/m0/s1. The van der Waals surface area contributed by atoms with Crippen molar-refractivity contribution < 1.29 is 77.3 Å². The van der Waals surface area contributed by atoms with Crippen molar-refractivity contribution in [3.63, 3.8) is 0 Å². The van der Waals surface area contributed by atoms with Crippen molar-refractivity contribution in [2.24, 2.45) is 40.7 Å². The Morgan fingerprint density at radius 1 is 0.526 bits per heavy atom. The number of fused-ring (bicyclic) bond motifs is 2. The van der Waals surface area contributed by atoms with Crippen LogP contribution < -0.4 is 91.7 Å². The molecule has 32 heteroatoms. The monoisotopic (exact) mass is 1360 g/mol. The van der Waals surface area contributed by atoms with Gasteiger partial charge in [0.05, 0.1) is 24.8 Å². The number of phenols is 2. The number of rotatable bonds is 16. The maximum Gasteiger partial charge on any atom is 0.313 e. The molecule has 22 N–H and O–H groups in total. The maximum atomic E-state index is 14.4. The molecule has 0 saturated carbocycles. The van der Waals surface area contributed by atoms with Gasteiger partial charge in [-0.3, -0.25) is 73.2 Å². The Balaban J connectivity index is 1.69. The van der Waals surface area contributed by atoms with Gasteiger partial charge in [-0.15, -0.1) is 0 Å². The van der Waals surface area contributed by atoms with Gasteiger partial charge in [-0.1, -0.05) is 72.2 Å². The largest absolute Gasteiger partial charge is 0.508 e. The first-order valence-corrected chi connectivity index (χ1v) is 32.3. The molecule has 2 bridgehead atoms. The Kier molecular flexibility index (Phi) is 32.6. The highest BCUT2D eigenvalue weighted by Gasteiger charge is 2.37. The fourth-order valence-electron chi connectivity index (χ4n) is 10.0. The van der Waals surface area contributed by atoms with Crippen LogP contribution in [0.1, 0.15) is 127 Å². The second-order valence-corrected chi connectivity index (χ2v) is 24.5. The molecule has 1 aliphatic rings. The number of amides is 13. The number of nitrogens with two attached hydrogens (primary N) is 4. The third-order valence-corrected chi connectivity index (χ3v) is 16.0. The zero-order valence-electron chi connectivity index (χ0n) is 55.8. The van der Waals surface area contributed by atoms with Crippen molar-refractivity contribution in [2.75, 3.05) is 32.1 Å². The lowest BCUT2D eigenvalue weighted by molar-refractivity contribution is -0.138. The number of aromatic hydroxyl groups is 2. The van der Waals surface area contributed by atoms with Gasteiger partial charge in [0.2, 0.25) is 53.2 Å².